The van der Waals surface area contributed by atoms with Gasteiger partial charge in [0.25, 0.3) is 0 Å². The molecule has 0 aliphatic carbocycles. The van der Waals surface area contributed by atoms with Crippen LogP contribution in [0.4, 0.5) is 45.5 Å². The van der Waals surface area contributed by atoms with Gasteiger partial charge < -0.3 is 102 Å². The van der Waals surface area contributed by atoms with Crippen LogP contribution < -0.4 is 59.1 Å². The van der Waals surface area contributed by atoms with Gasteiger partial charge in [-0.05, 0) is 156 Å². The fraction of sp³-hybridized carbons (Fsp3) is 0.260. The molecule has 0 radical (unpaired) electrons. The minimum atomic E-state index is -2.57. The number of halogens is 3. The summed E-state index contributed by atoms with van der Waals surface area (Å²) >= 11 is 24.1. The van der Waals surface area contributed by atoms with E-state index in [0.717, 1.165) is 64.5 Å². The van der Waals surface area contributed by atoms with Crippen molar-refractivity contribution >= 4 is 225 Å². The van der Waals surface area contributed by atoms with Gasteiger partial charge in [0.1, 0.15) is 27.3 Å². The van der Waals surface area contributed by atoms with Crippen molar-refractivity contribution in [3.63, 3.8) is 0 Å². The van der Waals surface area contributed by atoms with Gasteiger partial charge in [0.15, 0.2) is 23.0 Å². The molecule has 8 N–H and O–H groups in total. The predicted molar refractivity (Wildman–Crippen MR) is 493 cm³/mol. The smallest absolute Gasteiger partial charge is 0.216 e. The fourth-order valence-corrected chi connectivity index (χ4v) is 10.8. The summed E-state index contributed by atoms with van der Waals surface area (Å²) in [5, 5.41) is 12.5. The van der Waals surface area contributed by atoms with Crippen LogP contribution in [-0.2, 0) is 66.9 Å². The molecule has 0 bridgehead atoms. The zero-order valence-corrected chi connectivity index (χ0v) is 74.8. The lowest BCUT2D eigenvalue weighted by Crippen LogP contribution is -2.09. The summed E-state index contributed by atoms with van der Waals surface area (Å²) in [6.07, 6.45) is 15.9. The molecule has 0 aliphatic heterocycles. The van der Waals surface area contributed by atoms with Crippen molar-refractivity contribution in [1.29, 1.82) is 0 Å². The van der Waals surface area contributed by atoms with Crippen LogP contribution in [0.3, 0.4) is 0 Å². The topological polar surface area (TPSA) is 328 Å². The number of allylic oxidation sites excluding steroid dienone is 4. The van der Waals surface area contributed by atoms with Gasteiger partial charge in [-0.2, -0.15) is 0 Å². The second-order valence-electron chi connectivity index (χ2n) is 22.4. The molecule has 0 spiro atoms. The van der Waals surface area contributed by atoms with E-state index in [0.29, 0.717) is 108 Å². The van der Waals surface area contributed by atoms with Crippen LogP contribution in [-0.4, -0.2) is 83.3 Å². The van der Waals surface area contributed by atoms with E-state index in [2.05, 4.69) is 114 Å². The number of para-hydroxylation sites is 4. The molecule has 8 aromatic carbocycles. The van der Waals surface area contributed by atoms with Crippen molar-refractivity contribution < 1.29 is 63.0 Å². The molecule has 4 atom stereocenters. The minimum Gasteiger partial charge on any atom is -0.755 e. The number of ether oxygens (including phenoxy) is 4. The van der Waals surface area contributed by atoms with E-state index in [1.807, 2.05) is 131 Å². The highest BCUT2D eigenvalue weighted by Crippen LogP contribution is 2.43. The molecule has 8 aromatic rings. The van der Waals surface area contributed by atoms with Gasteiger partial charge in [-0.1, -0.05) is 187 Å². The van der Waals surface area contributed by atoms with Crippen LogP contribution in [0.25, 0.3) is 0 Å². The number of hydrogen-bond acceptors (Lipinski definition) is 22. The normalized spacial score (nSPS) is 11.3. The van der Waals surface area contributed by atoms with Crippen molar-refractivity contribution in [3.05, 3.63) is 224 Å². The van der Waals surface area contributed by atoms with Gasteiger partial charge in [0.2, 0.25) is 14.3 Å². The van der Waals surface area contributed by atoms with Gasteiger partial charge in [0.05, 0.1) is 49.7 Å². The van der Waals surface area contributed by atoms with Crippen molar-refractivity contribution in [2.45, 2.75) is 107 Å². The van der Waals surface area contributed by atoms with Gasteiger partial charge >= 0.3 is 0 Å². The van der Waals surface area contributed by atoms with Crippen LogP contribution in [0.5, 0.6) is 46.0 Å². The molecule has 0 heterocycles. The summed E-state index contributed by atoms with van der Waals surface area (Å²) in [6, 6.07) is 49.4. The summed E-state index contributed by atoms with van der Waals surface area (Å²) in [5.41, 5.74) is 5.42. The Morgan fingerprint density at radius 3 is 0.832 bits per heavy atom. The molecule has 0 aromatic heterocycles. The van der Waals surface area contributed by atoms with Crippen molar-refractivity contribution in [1.82, 2.24) is 0 Å². The van der Waals surface area contributed by atoms with Crippen LogP contribution in [0.2, 0.25) is 0 Å². The lowest BCUT2D eigenvalue weighted by molar-refractivity contribution is 0.109. The number of benzene rings is 8. The molecular weight excluding hydrogens is 1720 g/mol. The Kier molecular flexibility index (Phi) is 56.6. The third-order valence-electron chi connectivity index (χ3n) is 14.0. The number of carbonyl (C=O) groups is 1. The highest BCUT2D eigenvalue weighted by molar-refractivity contribution is 8.26. The lowest BCUT2D eigenvalue weighted by atomic mass is 10.1. The number of hydrogen-bond donors (Lipinski definition) is 10. The summed E-state index contributed by atoms with van der Waals surface area (Å²) in [7, 11) is 7.36. The van der Waals surface area contributed by atoms with Gasteiger partial charge in [-0.3, -0.25) is 21.6 Å². The molecule has 8 rings (SSSR count). The van der Waals surface area contributed by atoms with Crippen LogP contribution in [0.1, 0.15) is 134 Å². The van der Waals surface area contributed by atoms with Gasteiger partial charge in [-0.25, -0.2) is 4.21 Å². The standard InChI is InChI=1S/C17H19ClN2O3S2.C17H20N2O4S2.2C17H20N2O3S3.2C4H8.CH3.Cl2OS/c1-2-3-9-19-14-10-12(17(18)24)11-15(20-25(21)22)16(14)23-13-7-5-4-6-8-13;1-2-3-9-18-14-10-12(17(20)24)11-15(19-25(21)22)16(14)23-13-7-5-4-6-8-13;2*1-2-3-9-18-14-10-12(17(23)24)11-15(19-25(20)21)16(14)22-13-7-5-4-6-8-13;2*1-3-4-2;;1-4(2)3/h4-8,10-11,19-20H,2-3,9H2,1H3,(H,21,22);4-8,10-11,18-19H,2-3,9H2,1H3,(H,20,24)(H,21,22);2*4-8,10-11,18-19H,2-3,9H2,1H3,(H,20,21)(H,23,24);2*3-4H,1-2H3;1H3;/q;;;;;;+1;/p-5. The molecule has 0 saturated heterocycles. The lowest BCUT2D eigenvalue weighted by Gasteiger charge is -2.21. The second kappa shape index (κ2) is 61.4. The Morgan fingerprint density at radius 2 is 0.619 bits per heavy atom. The van der Waals surface area contributed by atoms with E-state index in [9.17, 15) is 39.8 Å². The van der Waals surface area contributed by atoms with Crippen molar-refractivity contribution in [2.75, 3.05) is 66.3 Å². The largest absolute Gasteiger partial charge is 0.755 e. The first-order valence-corrected chi connectivity index (χ1v) is 44.4. The molecule has 0 amide bonds. The Morgan fingerprint density at radius 1 is 0.407 bits per heavy atom. The monoisotopic (exact) mass is 1810 g/mol. The van der Waals surface area contributed by atoms with E-state index >= 15 is 0 Å². The number of thiocarbonyl (C=S) groups is 3. The van der Waals surface area contributed by atoms with Gasteiger partial charge in [0, 0.05) is 117 Å². The first-order valence-electron chi connectivity index (χ1n) is 34.4. The Balaban J connectivity index is 0.000000714. The molecule has 0 aliphatic rings. The molecule has 0 saturated carbocycles. The summed E-state index contributed by atoms with van der Waals surface area (Å²) in [4.78, 5) is 11.6. The summed E-state index contributed by atoms with van der Waals surface area (Å²) in [6.45, 7) is 19.1. The molecule has 4 unspecified atom stereocenters. The fourth-order valence-electron chi connectivity index (χ4n) is 8.65. The van der Waals surface area contributed by atoms with E-state index in [4.69, 9.17) is 84.0 Å². The molecule has 36 heteroatoms. The van der Waals surface area contributed by atoms with E-state index in [1.165, 1.54) is 6.07 Å². The maximum absolute atomic E-state index is 11.6. The minimum absolute atomic E-state index is 0. The molecular formula is C77H93Cl3N8O14S11-4. The maximum atomic E-state index is 11.6. The van der Waals surface area contributed by atoms with E-state index in [-0.39, 0.29) is 38.6 Å². The number of rotatable bonds is 36. The van der Waals surface area contributed by atoms with Crippen LogP contribution in [0.15, 0.2) is 194 Å². The molecule has 616 valence electrons. The number of nitrogens with one attached hydrogen (secondary N) is 8. The van der Waals surface area contributed by atoms with E-state index < -0.39 is 59.4 Å². The third kappa shape index (κ3) is 44.1. The Hall–Kier alpha value is -6.97. The number of carbonyl (C=O) groups excluding carboxylic acids is 1. The maximum Gasteiger partial charge on any atom is 0.216 e. The quantitative estimate of drug-likeness (QED) is 0.00255. The molecule has 0 fully saturated rings. The Bertz CT molecular complexity index is 3830. The van der Waals surface area contributed by atoms with Crippen LogP contribution in [0, 0.1) is 7.43 Å². The first-order chi connectivity index (χ1) is 53.6. The average molecular weight is 1810 g/mol. The van der Waals surface area contributed by atoms with Gasteiger partial charge in [-0.15, -0.1) is 29.5 Å². The number of anilines is 8. The molecule has 113 heavy (non-hydrogen) atoms. The SMILES string of the molecule is CC=CC.CC=CC.CCCCNc1cc(C(=O)S)cc(NS(=O)[O-])c1Oc1ccccc1.CCCCNc1cc(C(=S)Cl)cc(NS(=O)[O-])c1Oc1ccccc1.CCCCNc1cc(C(=S)S)cc(NS(=O)[O-])c1Oc1ccccc1.CCCCNc1cc(C(=S)[S-])cc(NS(=O)[O-])c1Oc1ccccc1.O=S(Cl)Cl.[CH3+]. The average Bonchev–Trinajstić information content (AvgIpc) is 0.830. The number of unbranched alkanes of at least 4 members (excludes halogenated alkanes) is 4. The highest BCUT2D eigenvalue weighted by Gasteiger charge is 2.20. The van der Waals surface area contributed by atoms with Crippen molar-refractivity contribution in [3.8, 4) is 46.0 Å². The predicted octanol–water partition coefficient (Wildman–Crippen LogP) is 22.1. The summed E-state index contributed by atoms with van der Waals surface area (Å²) in [5.74, 6) is 3.75. The van der Waals surface area contributed by atoms with Crippen LogP contribution >= 0.6 is 94.9 Å². The van der Waals surface area contributed by atoms with E-state index in [1.54, 1.807) is 84.9 Å². The second-order valence-corrected chi connectivity index (χ2v) is 31.3. The highest BCUT2D eigenvalue weighted by atomic mass is 36.0. The Labute approximate surface area is 724 Å². The molecule has 22 nitrogen and oxygen atoms in total. The first kappa shape index (κ1) is 104. The zero-order valence-electron chi connectivity index (χ0n) is 63.4. The number of thiol groups is 2. The summed E-state index contributed by atoms with van der Waals surface area (Å²) < 4.78 is 132. The van der Waals surface area contributed by atoms with Crippen molar-refractivity contribution in [2.24, 2.45) is 0 Å². The third-order valence-corrected chi connectivity index (χ3v) is 17.2. The zero-order chi connectivity index (χ0) is 83.3.